The smallest absolute Gasteiger partial charge is 0.338 e. The number of hydrogen-bond acceptors (Lipinski definition) is 4. The molecular weight excluding hydrogens is 328 g/mol. The third kappa shape index (κ3) is 5.46. The first-order valence-corrected chi connectivity index (χ1v) is 9.29. The number of phenolic OH excluding ortho intramolecular Hbond substituents is 1. The van der Waals surface area contributed by atoms with Gasteiger partial charge in [0.2, 0.25) is 0 Å². The summed E-state index contributed by atoms with van der Waals surface area (Å²) in [5.74, 6) is -0.361. The first-order chi connectivity index (χ1) is 12.3. The first kappa shape index (κ1) is 20.2. The Labute approximate surface area is 156 Å². The molecule has 26 heavy (non-hydrogen) atoms. The van der Waals surface area contributed by atoms with Crippen LogP contribution >= 0.6 is 0 Å². The average Bonchev–Trinajstić information content (AvgIpc) is 2.54. The molecule has 142 valence electrons. The number of rotatable bonds is 3. The molecule has 0 fully saturated rings. The van der Waals surface area contributed by atoms with E-state index >= 15 is 0 Å². The number of aliphatic hydroxyl groups excluding tert-OH is 1. The van der Waals surface area contributed by atoms with Gasteiger partial charge in [-0.2, -0.15) is 0 Å². The third-order valence-electron chi connectivity index (χ3n) is 4.96. The van der Waals surface area contributed by atoms with E-state index in [9.17, 15) is 15.0 Å². The summed E-state index contributed by atoms with van der Waals surface area (Å²) in [5.41, 5.74) is 2.71. The first-order valence-electron chi connectivity index (χ1n) is 9.29. The summed E-state index contributed by atoms with van der Waals surface area (Å²) in [5, 5.41) is 20.2. The number of phenols is 1. The van der Waals surface area contributed by atoms with E-state index in [4.69, 9.17) is 4.74 Å². The lowest BCUT2D eigenvalue weighted by Gasteiger charge is -2.33. The number of aliphatic hydroxyl groups is 1. The lowest BCUT2D eigenvalue weighted by Crippen LogP contribution is -2.38. The SMILES string of the molecule is C/C1=C\C(O)C(C(C)C)C(OC(=O)c2ccc(O)cc2)C/C(C)=C/CC1. The van der Waals surface area contributed by atoms with Gasteiger partial charge in [0.25, 0.3) is 0 Å². The summed E-state index contributed by atoms with van der Waals surface area (Å²) in [7, 11) is 0. The molecule has 0 radical (unpaired) electrons. The van der Waals surface area contributed by atoms with Crippen LogP contribution in [0.15, 0.2) is 47.6 Å². The van der Waals surface area contributed by atoms with Crippen molar-refractivity contribution in [1.29, 1.82) is 0 Å². The fourth-order valence-electron chi connectivity index (χ4n) is 3.54. The normalized spacial score (nSPS) is 28.6. The Bertz CT molecular complexity index is 670. The Morgan fingerprint density at radius 3 is 2.42 bits per heavy atom. The van der Waals surface area contributed by atoms with Crippen molar-refractivity contribution in [2.75, 3.05) is 0 Å². The van der Waals surface area contributed by atoms with Gasteiger partial charge in [0, 0.05) is 12.3 Å². The summed E-state index contributed by atoms with van der Waals surface area (Å²) in [6, 6.07) is 6.03. The van der Waals surface area contributed by atoms with Crippen LogP contribution in [0.3, 0.4) is 0 Å². The Morgan fingerprint density at radius 1 is 1.15 bits per heavy atom. The molecule has 3 unspecified atom stereocenters. The van der Waals surface area contributed by atoms with Gasteiger partial charge in [-0.3, -0.25) is 0 Å². The number of allylic oxidation sites excluding steroid dienone is 2. The van der Waals surface area contributed by atoms with Crippen LogP contribution in [0.5, 0.6) is 5.75 Å². The zero-order valence-electron chi connectivity index (χ0n) is 16.1. The second-order valence-electron chi connectivity index (χ2n) is 7.61. The zero-order valence-corrected chi connectivity index (χ0v) is 16.1. The van der Waals surface area contributed by atoms with Gasteiger partial charge in [0.1, 0.15) is 11.9 Å². The van der Waals surface area contributed by atoms with Crippen molar-refractivity contribution in [3.8, 4) is 5.75 Å². The number of ether oxygens (including phenoxy) is 1. The second-order valence-corrected chi connectivity index (χ2v) is 7.61. The fourth-order valence-corrected chi connectivity index (χ4v) is 3.54. The summed E-state index contributed by atoms with van der Waals surface area (Å²) in [4.78, 5) is 12.6. The molecule has 4 heteroatoms. The molecule has 0 bridgehead atoms. The van der Waals surface area contributed by atoms with E-state index in [1.807, 2.05) is 33.8 Å². The van der Waals surface area contributed by atoms with Gasteiger partial charge in [-0.25, -0.2) is 4.79 Å². The van der Waals surface area contributed by atoms with Crippen molar-refractivity contribution in [2.45, 2.75) is 59.2 Å². The van der Waals surface area contributed by atoms with Crippen LogP contribution in [-0.4, -0.2) is 28.4 Å². The van der Waals surface area contributed by atoms with Crippen LogP contribution in [0.2, 0.25) is 0 Å². The Hall–Kier alpha value is -2.07. The monoisotopic (exact) mass is 358 g/mol. The molecule has 0 heterocycles. The van der Waals surface area contributed by atoms with Crippen LogP contribution in [0.4, 0.5) is 0 Å². The zero-order chi connectivity index (χ0) is 19.3. The van der Waals surface area contributed by atoms with Gasteiger partial charge in [-0.05, 0) is 56.9 Å². The highest BCUT2D eigenvalue weighted by Gasteiger charge is 2.33. The molecule has 4 nitrogen and oxygen atoms in total. The van der Waals surface area contributed by atoms with Gasteiger partial charge < -0.3 is 14.9 Å². The quantitative estimate of drug-likeness (QED) is 0.611. The van der Waals surface area contributed by atoms with Crippen LogP contribution < -0.4 is 0 Å². The number of aromatic hydroxyl groups is 1. The number of carbonyl (C=O) groups is 1. The lowest BCUT2D eigenvalue weighted by molar-refractivity contribution is -0.0216. The minimum Gasteiger partial charge on any atom is -0.508 e. The van der Waals surface area contributed by atoms with Crippen LogP contribution in [0, 0.1) is 11.8 Å². The van der Waals surface area contributed by atoms with Gasteiger partial charge in [0.15, 0.2) is 0 Å². The lowest BCUT2D eigenvalue weighted by atomic mass is 9.81. The van der Waals surface area contributed by atoms with E-state index in [0.29, 0.717) is 12.0 Å². The Balaban J connectivity index is 2.30. The number of benzene rings is 1. The number of hydrogen-bond donors (Lipinski definition) is 2. The van der Waals surface area contributed by atoms with Gasteiger partial charge in [-0.1, -0.05) is 37.1 Å². The fraction of sp³-hybridized carbons (Fsp3) is 0.500. The average molecular weight is 358 g/mol. The highest BCUT2D eigenvalue weighted by molar-refractivity contribution is 5.89. The van der Waals surface area contributed by atoms with Crippen molar-refractivity contribution < 1.29 is 19.7 Å². The third-order valence-corrected chi connectivity index (χ3v) is 4.96. The van der Waals surface area contributed by atoms with E-state index in [2.05, 4.69) is 6.08 Å². The van der Waals surface area contributed by atoms with E-state index in [0.717, 1.165) is 18.4 Å². The Kier molecular flexibility index (Phi) is 7.04. The van der Waals surface area contributed by atoms with Crippen LogP contribution in [-0.2, 0) is 4.74 Å². The van der Waals surface area contributed by atoms with Crippen molar-refractivity contribution in [1.82, 2.24) is 0 Å². The van der Waals surface area contributed by atoms with Crippen LogP contribution in [0.25, 0.3) is 0 Å². The number of esters is 1. The summed E-state index contributed by atoms with van der Waals surface area (Å²) < 4.78 is 5.85. The number of carbonyl (C=O) groups excluding carboxylic acids is 1. The second kappa shape index (κ2) is 9.04. The summed E-state index contributed by atoms with van der Waals surface area (Å²) in [6.07, 6.45) is 5.48. The molecule has 2 rings (SSSR count). The molecular formula is C22H30O4. The molecule has 0 spiro atoms. The minimum absolute atomic E-state index is 0.107. The van der Waals surface area contributed by atoms with Crippen LogP contribution in [0.1, 0.15) is 57.3 Å². The summed E-state index contributed by atoms with van der Waals surface area (Å²) in [6.45, 7) is 8.17. The molecule has 0 aliphatic heterocycles. The molecule has 0 saturated carbocycles. The molecule has 1 aliphatic rings. The predicted octanol–water partition coefficient (Wildman–Crippen LogP) is 4.63. The predicted molar refractivity (Wildman–Crippen MR) is 103 cm³/mol. The molecule has 0 aromatic heterocycles. The largest absolute Gasteiger partial charge is 0.508 e. The van der Waals surface area contributed by atoms with E-state index in [-0.39, 0.29) is 17.6 Å². The van der Waals surface area contributed by atoms with E-state index < -0.39 is 18.2 Å². The highest BCUT2D eigenvalue weighted by Crippen LogP contribution is 2.30. The van der Waals surface area contributed by atoms with Gasteiger partial charge in [-0.15, -0.1) is 0 Å². The highest BCUT2D eigenvalue weighted by atomic mass is 16.5. The maximum absolute atomic E-state index is 12.6. The van der Waals surface area contributed by atoms with Crippen molar-refractivity contribution in [3.05, 3.63) is 53.1 Å². The van der Waals surface area contributed by atoms with E-state index in [1.54, 1.807) is 12.1 Å². The van der Waals surface area contributed by atoms with Crippen molar-refractivity contribution in [2.24, 2.45) is 11.8 Å². The molecule has 1 aliphatic carbocycles. The Morgan fingerprint density at radius 2 is 1.81 bits per heavy atom. The maximum atomic E-state index is 12.6. The van der Waals surface area contributed by atoms with Crippen molar-refractivity contribution >= 4 is 5.97 Å². The molecule has 0 amide bonds. The molecule has 1 aromatic rings. The minimum atomic E-state index is -0.654. The summed E-state index contributed by atoms with van der Waals surface area (Å²) >= 11 is 0. The van der Waals surface area contributed by atoms with Crippen molar-refractivity contribution in [3.63, 3.8) is 0 Å². The van der Waals surface area contributed by atoms with E-state index in [1.165, 1.54) is 17.7 Å². The molecule has 0 saturated heterocycles. The van der Waals surface area contributed by atoms with Gasteiger partial charge in [0.05, 0.1) is 11.7 Å². The standard InChI is InChI=1S/C22H30O4/c1-14(2)21-19(24)12-15(3)6-5-7-16(4)13-20(21)26-22(25)17-8-10-18(23)11-9-17/h7-12,14,19-21,23-24H,5-6,13H2,1-4H3/b15-12+,16-7+. The molecule has 3 atom stereocenters. The maximum Gasteiger partial charge on any atom is 0.338 e. The molecule has 1 aromatic carbocycles. The topological polar surface area (TPSA) is 66.8 Å². The molecule has 2 N–H and O–H groups in total. The van der Waals surface area contributed by atoms with Gasteiger partial charge >= 0.3 is 5.97 Å².